The minimum absolute atomic E-state index is 0. The van der Waals surface area contributed by atoms with Gasteiger partial charge in [-0.25, -0.2) is 19.2 Å². The molecule has 4 atom stereocenters. The second kappa shape index (κ2) is 21.3. The van der Waals surface area contributed by atoms with Gasteiger partial charge in [-0.2, -0.15) is 0 Å². The van der Waals surface area contributed by atoms with Crippen molar-refractivity contribution in [2.75, 3.05) is 0 Å². The van der Waals surface area contributed by atoms with Crippen LogP contribution in [0.2, 0.25) is 0 Å². The number of hydrogen-bond acceptors (Lipinski definition) is 10. The Morgan fingerprint density at radius 2 is 1.05 bits per heavy atom. The molecule has 1 fully saturated rings. The number of benzene rings is 4. The smallest absolute Gasteiger partial charge is 0.349 e. The molecule has 1 aliphatic carbocycles. The fourth-order valence-corrected chi connectivity index (χ4v) is 6.15. The van der Waals surface area contributed by atoms with Crippen molar-refractivity contribution in [1.29, 1.82) is 0 Å². The van der Waals surface area contributed by atoms with Crippen molar-refractivity contribution in [2.45, 2.75) is 102 Å². The fourth-order valence-electron chi connectivity index (χ4n) is 6.15. The van der Waals surface area contributed by atoms with E-state index in [2.05, 4.69) is 53.7 Å². The summed E-state index contributed by atoms with van der Waals surface area (Å²) in [6.45, 7) is 13.0. The van der Waals surface area contributed by atoms with Gasteiger partial charge in [0.2, 0.25) is 12.2 Å². The van der Waals surface area contributed by atoms with Crippen LogP contribution in [-0.4, -0.2) is 81.0 Å². The summed E-state index contributed by atoms with van der Waals surface area (Å²) in [5.41, 5.74) is 3.51. The Labute approximate surface area is 355 Å². The zero-order valence-electron chi connectivity index (χ0n) is 34.0. The van der Waals surface area contributed by atoms with Crippen molar-refractivity contribution in [3.05, 3.63) is 130 Å². The van der Waals surface area contributed by atoms with Crippen molar-refractivity contribution in [3.8, 4) is 11.5 Å². The van der Waals surface area contributed by atoms with Gasteiger partial charge in [0.15, 0.2) is 0 Å². The number of hydrogen-bond donors (Lipinski definition) is 4. The number of nitrogens with zero attached hydrogens (tertiary/aromatic N) is 2. The van der Waals surface area contributed by atoms with Crippen LogP contribution in [0.15, 0.2) is 107 Å². The molecule has 315 valence electrons. The van der Waals surface area contributed by atoms with E-state index in [1.54, 1.807) is 24.4 Å². The molecule has 5 rings (SSSR count). The van der Waals surface area contributed by atoms with E-state index in [1.165, 1.54) is 54.1 Å². The summed E-state index contributed by atoms with van der Waals surface area (Å²) in [4.78, 5) is 56.5. The Kier molecular flexibility index (Phi) is 17.2. The topological polar surface area (TPSA) is 192 Å². The second-order valence-corrected chi connectivity index (χ2v) is 16.1. The number of carboxylic acids is 2. The van der Waals surface area contributed by atoms with Gasteiger partial charge in [-0.15, -0.1) is 0 Å². The number of aromatic hydroxyl groups is 2. The molecule has 1 aliphatic rings. The van der Waals surface area contributed by atoms with E-state index >= 15 is 0 Å². The van der Waals surface area contributed by atoms with E-state index < -0.39 is 36.1 Å². The maximum atomic E-state index is 12.0. The molecule has 0 heterocycles. The molecule has 12 nitrogen and oxygen atoms in total. The van der Waals surface area contributed by atoms with E-state index in [4.69, 9.17) is 19.5 Å². The zero-order chi connectivity index (χ0) is 42.6. The van der Waals surface area contributed by atoms with Gasteiger partial charge >= 0.3 is 23.9 Å². The van der Waals surface area contributed by atoms with Gasteiger partial charge in [0, 0.05) is 45.9 Å². The maximum absolute atomic E-state index is 12.0. The Morgan fingerprint density at radius 1 is 0.627 bits per heavy atom. The van der Waals surface area contributed by atoms with Crippen LogP contribution in [0, 0.1) is 0 Å². The van der Waals surface area contributed by atoms with Crippen LogP contribution in [0.3, 0.4) is 0 Å². The summed E-state index contributed by atoms with van der Waals surface area (Å²) in [6, 6.07) is 26.4. The molecule has 4 N–H and O–H groups in total. The molecule has 0 amide bonds. The fraction of sp³-hybridized carbons (Fsp3) is 0.348. The van der Waals surface area contributed by atoms with E-state index in [0.29, 0.717) is 5.75 Å². The van der Waals surface area contributed by atoms with E-state index in [1.807, 2.05) is 24.4 Å². The molecular formula is C46H52CoN2O10. The molecular weight excluding hydrogens is 799 g/mol. The molecule has 4 aromatic carbocycles. The van der Waals surface area contributed by atoms with Crippen LogP contribution >= 0.6 is 0 Å². The van der Waals surface area contributed by atoms with Gasteiger partial charge in [0.05, 0.1) is 23.2 Å². The van der Waals surface area contributed by atoms with Crippen LogP contribution in [0.5, 0.6) is 11.5 Å². The first-order valence-electron chi connectivity index (χ1n) is 19.1. The van der Waals surface area contributed by atoms with Gasteiger partial charge < -0.3 is 29.9 Å². The van der Waals surface area contributed by atoms with Gasteiger partial charge in [0.25, 0.3) is 0 Å². The summed E-state index contributed by atoms with van der Waals surface area (Å²) in [7, 11) is 0. The number of carboxylic acid groups (broad SMARTS) is 2. The average Bonchev–Trinajstić information content (AvgIpc) is 3.18. The normalized spacial score (nSPS) is 16.5. The summed E-state index contributed by atoms with van der Waals surface area (Å²) in [6.07, 6.45) is 3.40. The SMILES string of the molecule is CC(C)(C)c1cc(C=N[C@@H]2CCCC[C@H]2N=Cc2ccccc2O)c(O)c(C(C)(C)C)c1.O=C(O[C@@H](C(=O)O)[C@@H](OC(=O)c1ccccc1)C(=O)O)c1ccccc1.[Co]. The number of aliphatic carboxylic acids is 2. The van der Waals surface area contributed by atoms with Crippen LogP contribution in [0.25, 0.3) is 0 Å². The third kappa shape index (κ3) is 13.6. The number of aliphatic imine (C=N–C) groups is 2. The second-order valence-electron chi connectivity index (χ2n) is 16.1. The predicted octanol–water partition coefficient (Wildman–Crippen LogP) is 8.15. The minimum atomic E-state index is -2.21. The third-order valence-electron chi connectivity index (χ3n) is 9.50. The molecule has 0 aliphatic heterocycles. The number of rotatable bonds is 11. The van der Waals surface area contributed by atoms with Crippen molar-refractivity contribution in [1.82, 2.24) is 0 Å². The third-order valence-corrected chi connectivity index (χ3v) is 9.50. The standard InChI is InChI=1S/C28H38N2O2.C18H14O8.Co/c1-27(2,3)21-15-20(26(32)22(16-21)28(4,5)6)18-30-24-13-9-8-12-23(24)29-17-19-11-7-10-14-25(19)31;19-15(20)13(25-17(23)11-7-3-1-4-8-11)14(16(21)22)26-18(24)12-9-5-2-6-10-12;/h7,10-11,14-18,23-24,31-32H,8-9,12-13H2,1-6H3;1-10,13-14H,(H,19,20)(H,21,22);/t23-,24-;13-,14-;/m11./s1. The minimum Gasteiger partial charge on any atom is -0.507 e. The summed E-state index contributed by atoms with van der Waals surface area (Å²) < 4.78 is 9.52. The number of phenolic OH excluding ortho intramolecular Hbond substituents is 2. The predicted molar refractivity (Wildman–Crippen MR) is 221 cm³/mol. The first-order chi connectivity index (χ1) is 27.4. The summed E-state index contributed by atoms with van der Waals surface area (Å²) in [5, 5.41) is 39.5. The molecule has 1 saturated carbocycles. The number of ether oxygens (including phenoxy) is 2. The van der Waals surface area contributed by atoms with E-state index in [9.17, 15) is 39.6 Å². The number of para-hydroxylation sites is 1. The maximum Gasteiger partial charge on any atom is 0.349 e. The number of carbonyl (C=O) groups is 4. The van der Waals surface area contributed by atoms with Gasteiger partial charge in [-0.05, 0) is 71.7 Å². The molecule has 59 heavy (non-hydrogen) atoms. The van der Waals surface area contributed by atoms with Crippen molar-refractivity contribution < 1.29 is 65.9 Å². The van der Waals surface area contributed by atoms with Crippen LogP contribution in [0.4, 0.5) is 0 Å². The molecule has 0 spiro atoms. The van der Waals surface area contributed by atoms with Crippen LogP contribution in [-0.2, 0) is 46.7 Å². The Hall–Kier alpha value is -5.79. The van der Waals surface area contributed by atoms with Crippen LogP contribution < -0.4 is 0 Å². The zero-order valence-corrected chi connectivity index (χ0v) is 35.0. The average molecular weight is 852 g/mol. The van der Waals surface area contributed by atoms with Gasteiger partial charge in [-0.3, -0.25) is 9.98 Å². The van der Waals surface area contributed by atoms with E-state index in [-0.39, 0.29) is 56.6 Å². The first-order valence-corrected chi connectivity index (χ1v) is 19.1. The van der Waals surface area contributed by atoms with Crippen LogP contribution in [0.1, 0.15) is 110 Å². The quantitative estimate of drug-likeness (QED) is 0.0846. The molecule has 1 radical (unpaired) electrons. The Balaban J connectivity index is 0.000000317. The van der Waals surface area contributed by atoms with Crippen molar-refractivity contribution in [3.63, 3.8) is 0 Å². The monoisotopic (exact) mass is 851 g/mol. The molecule has 13 heteroatoms. The summed E-state index contributed by atoms with van der Waals surface area (Å²) >= 11 is 0. The first kappa shape index (κ1) is 47.6. The molecule has 0 bridgehead atoms. The Bertz CT molecular complexity index is 2040. The molecule has 4 aromatic rings. The largest absolute Gasteiger partial charge is 0.507 e. The Morgan fingerprint density at radius 3 is 1.46 bits per heavy atom. The van der Waals surface area contributed by atoms with Crippen molar-refractivity contribution >= 4 is 36.3 Å². The molecule has 0 saturated heterocycles. The molecule has 0 aromatic heterocycles. The number of phenols is 2. The van der Waals surface area contributed by atoms with Gasteiger partial charge in [-0.1, -0.05) is 109 Å². The van der Waals surface area contributed by atoms with Crippen molar-refractivity contribution in [2.24, 2.45) is 9.98 Å². The number of carbonyl (C=O) groups excluding carboxylic acids is 2. The van der Waals surface area contributed by atoms with Gasteiger partial charge in [0.1, 0.15) is 11.5 Å². The number of esters is 2. The summed E-state index contributed by atoms with van der Waals surface area (Å²) in [5.74, 6) is -5.07. The molecule has 0 unspecified atom stereocenters. The van der Waals surface area contributed by atoms with E-state index in [0.717, 1.165) is 42.4 Å².